The third-order valence-electron chi connectivity index (χ3n) is 7.24. The third-order valence-corrected chi connectivity index (χ3v) is 7.24. The maximum absolute atomic E-state index is 13.4. The molecular weight excluding hydrogens is 635 g/mol. The molecule has 6 N–H and O–H groups in total. The molecule has 1 saturated carbocycles. The first-order chi connectivity index (χ1) is 22.8. The van der Waals surface area contributed by atoms with Gasteiger partial charge in [-0.15, -0.1) is 0 Å². The number of carbonyl (C=O) groups is 5. The zero-order valence-corrected chi connectivity index (χ0v) is 25.6. The van der Waals surface area contributed by atoms with E-state index in [1.807, 2.05) is 17.0 Å². The van der Waals surface area contributed by atoms with Gasteiger partial charge >= 0.3 is 12.1 Å². The normalized spacial score (nSPS) is 13.5. The van der Waals surface area contributed by atoms with Crippen molar-refractivity contribution in [1.29, 1.82) is 0 Å². The molecule has 48 heavy (non-hydrogen) atoms. The lowest BCUT2D eigenvalue weighted by Gasteiger charge is -2.24. The van der Waals surface area contributed by atoms with E-state index in [9.17, 15) is 32.3 Å². The van der Waals surface area contributed by atoms with E-state index in [0.29, 0.717) is 53.4 Å². The molecule has 0 radical (unpaired) electrons. The summed E-state index contributed by atoms with van der Waals surface area (Å²) in [6, 6.07) is 19.1. The molecule has 1 aliphatic heterocycles. The number of nitrogens with zero attached hydrogens (tertiary/aromatic N) is 1. The van der Waals surface area contributed by atoms with E-state index in [1.54, 1.807) is 54.6 Å². The number of amides is 4. The van der Waals surface area contributed by atoms with Gasteiger partial charge < -0.3 is 36.4 Å². The molecule has 15 heteroatoms. The molecule has 1 aliphatic carbocycles. The molecule has 1 fully saturated rings. The average molecular weight is 670 g/mol. The molecule has 3 aromatic rings. The van der Waals surface area contributed by atoms with Crippen LogP contribution in [0.1, 0.15) is 62.3 Å². The molecule has 0 aromatic heterocycles. The Morgan fingerprint density at radius 3 is 2.12 bits per heavy atom. The largest absolute Gasteiger partial charge is 0.490 e. The zero-order chi connectivity index (χ0) is 34.8. The second-order valence-corrected chi connectivity index (χ2v) is 11.0. The molecule has 0 bridgehead atoms. The predicted octanol–water partition coefficient (Wildman–Crippen LogP) is 4.18. The maximum atomic E-state index is 13.4. The molecule has 2 aliphatic rings. The average Bonchev–Trinajstić information content (AvgIpc) is 3.91. The Morgan fingerprint density at radius 2 is 1.52 bits per heavy atom. The summed E-state index contributed by atoms with van der Waals surface area (Å²) in [5.41, 5.74) is 9.01. The molecule has 0 saturated heterocycles. The van der Waals surface area contributed by atoms with Gasteiger partial charge in [0.15, 0.2) is 6.61 Å². The van der Waals surface area contributed by atoms with Crippen LogP contribution in [0.2, 0.25) is 0 Å². The Morgan fingerprint density at radius 1 is 0.917 bits per heavy atom. The lowest BCUT2D eigenvalue weighted by atomic mass is 10.1. The standard InChI is InChI=1S/C31H33N5O5.C2HF3O2/c32-15-1-2-16-33-29(38)21-7-10-24(11-8-21)34-30(39)22-5-3-20(4-6-22)18-36(25-12-13-25)31(40)23-9-14-26-27(17-23)41-19-28(37)35-26;3-2(4,5)1(6)7/h3-11,14,17,25H,1-2,12-13,15-16,18-19,32H2,(H,33,38)(H,34,39)(H,35,37);(H,6,7). The van der Waals surface area contributed by atoms with Crippen LogP contribution in [0.15, 0.2) is 66.7 Å². The first kappa shape index (κ1) is 35.4. The number of benzene rings is 3. The van der Waals surface area contributed by atoms with E-state index in [0.717, 1.165) is 31.2 Å². The molecule has 0 spiro atoms. The van der Waals surface area contributed by atoms with Gasteiger partial charge in [0.25, 0.3) is 23.6 Å². The monoisotopic (exact) mass is 669 g/mol. The van der Waals surface area contributed by atoms with Gasteiger partial charge in [0.05, 0.1) is 5.69 Å². The van der Waals surface area contributed by atoms with E-state index in [-0.39, 0.29) is 36.3 Å². The topological polar surface area (TPSA) is 180 Å². The highest BCUT2D eigenvalue weighted by Gasteiger charge is 2.38. The Kier molecular flexibility index (Phi) is 11.7. The van der Waals surface area contributed by atoms with Crippen LogP contribution in [0.25, 0.3) is 0 Å². The van der Waals surface area contributed by atoms with Crippen LogP contribution in [-0.4, -0.2) is 71.5 Å². The molecule has 3 aromatic carbocycles. The minimum Gasteiger partial charge on any atom is -0.482 e. The second-order valence-electron chi connectivity index (χ2n) is 11.0. The highest BCUT2D eigenvalue weighted by molar-refractivity contribution is 6.04. The summed E-state index contributed by atoms with van der Waals surface area (Å²) in [5.74, 6) is -3.04. The van der Waals surface area contributed by atoms with Crippen molar-refractivity contribution in [2.75, 3.05) is 30.3 Å². The van der Waals surface area contributed by atoms with Gasteiger partial charge in [-0.1, -0.05) is 12.1 Å². The van der Waals surface area contributed by atoms with Crippen molar-refractivity contribution in [2.45, 2.75) is 44.4 Å². The molecule has 0 atom stereocenters. The molecular formula is C33H34F3N5O7. The Hall–Kier alpha value is -5.44. The molecule has 1 heterocycles. The Bertz CT molecular complexity index is 1640. The number of carbonyl (C=O) groups excluding carboxylic acids is 4. The highest BCUT2D eigenvalue weighted by Crippen LogP contribution is 2.33. The number of ether oxygens (including phenoxy) is 1. The van der Waals surface area contributed by atoms with Crippen molar-refractivity contribution >= 4 is 41.0 Å². The van der Waals surface area contributed by atoms with Crippen LogP contribution in [0.4, 0.5) is 24.5 Å². The molecule has 254 valence electrons. The van der Waals surface area contributed by atoms with E-state index >= 15 is 0 Å². The molecule has 4 amide bonds. The SMILES string of the molecule is NCCCCNC(=O)c1ccc(NC(=O)c2ccc(CN(C(=O)c3ccc4c(c3)OCC(=O)N4)C3CC3)cc2)cc1.O=C(O)C(F)(F)F. The summed E-state index contributed by atoms with van der Waals surface area (Å²) >= 11 is 0. The number of halogens is 3. The lowest BCUT2D eigenvalue weighted by Crippen LogP contribution is -2.33. The number of rotatable bonds is 11. The summed E-state index contributed by atoms with van der Waals surface area (Å²) in [4.78, 5) is 60.7. The van der Waals surface area contributed by atoms with Crippen LogP contribution in [0.3, 0.4) is 0 Å². The summed E-state index contributed by atoms with van der Waals surface area (Å²) in [6.07, 6.45) is -1.51. The summed E-state index contributed by atoms with van der Waals surface area (Å²) in [6.45, 7) is 1.51. The number of fused-ring (bicyclic) bond motifs is 1. The van der Waals surface area contributed by atoms with Gasteiger partial charge in [-0.2, -0.15) is 13.2 Å². The fraction of sp³-hybridized carbons (Fsp3) is 0.303. The molecule has 12 nitrogen and oxygen atoms in total. The van der Waals surface area contributed by atoms with Gasteiger partial charge in [0.2, 0.25) is 0 Å². The molecule has 5 rings (SSSR count). The van der Waals surface area contributed by atoms with E-state index < -0.39 is 12.1 Å². The van der Waals surface area contributed by atoms with Gasteiger partial charge in [-0.25, -0.2) is 4.79 Å². The van der Waals surface area contributed by atoms with Crippen molar-refractivity contribution in [2.24, 2.45) is 5.73 Å². The van der Waals surface area contributed by atoms with Gasteiger partial charge in [-0.05, 0) is 92.4 Å². The lowest BCUT2D eigenvalue weighted by molar-refractivity contribution is -0.192. The number of aliphatic carboxylic acids is 1. The number of nitrogens with two attached hydrogens (primary N) is 1. The number of hydrogen-bond donors (Lipinski definition) is 5. The number of hydrogen-bond acceptors (Lipinski definition) is 7. The van der Waals surface area contributed by atoms with E-state index in [2.05, 4.69) is 16.0 Å². The Labute approximate surface area is 273 Å². The Balaban J connectivity index is 0.000000671. The van der Waals surface area contributed by atoms with Crippen LogP contribution in [0, 0.1) is 0 Å². The van der Waals surface area contributed by atoms with Crippen molar-refractivity contribution in [3.63, 3.8) is 0 Å². The van der Waals surface area contributed by atoms with Crippen molar-refractivity contribution < 1.29 is 47.0 Å². The van der Waals surface area contributed by atoms with Crippen LogP contribution in [-0.2, 0) is 16.1 Å². The van der Waals surface area contributed by atoms with Gasteiger partial charge in [-0.3, -0.25) is 19.2 Å². The minimum atomic E-state index is -5.08. The number of anilines is 2. The first-order valence-corrected chi connectivity index (χ1v) is 15.0. The van der Waals surface area contributed by atoms with Gasteiger partial charge in [0.1, 0.15) is 5.75 Å². The van der Waals surface area contributed by atoms with Crippen LogP contribution in [0.5, 0.6) is 5.75 Å². The number of alkyl halides is 3. The maximum Gasteiger partial charge on any atom is 0.490 e. The first-order valence-electron chi connectivity index (χ1n) is 15.0. The highest BCUT2D eigenvalue weighted by atomic mass is 19.4. The van der Waals surface area contributed by atoms with Crippen molar-refractivity contribution in [3.8, 4) is 5.75 Å². The third kappa shape index (κ3) is 10.0. The quantitative estimate of drug-likeness (QED) is 0.189. The summed E-state index contributed by atoms with van der Waals surface area (Å²) < 4.78 is 37.2. The smallest absolute Gasteiger partial charge is 0.482 e. The number of carboxylic acid groups (broad SMARTS) is 1. The fourth-order valence-electron chi connectivity index (χ4n) is 4.57. The van der Waals surface area contributed by atoms with Crippen LogP contribution >= 0.6 is 0 Å². The van der Waals surface area contributed by atoms with Crippen LogP contribution < -0.4 is 26.4 Å². The zero-order valence-electron chi connectivity index (χ0n) is 25.6. The van der Waals surface area contributed by atoms with E-state index in [4.69, 9.17) is 20.4 Å². The predicted molar refractivity (Wildman–Crippen MR) is 169 cm³/mol. The molecule has 0 unspecified atom stereocenters. The number of nitrogens with one attached hydrogen (secondary N) is 3. The summed E-state index contributed by atoms with van der Waals surface area (Å²) in [7, 11) is 0. The second kappa shape index (κ2) is 15.9. The van der Waals surface area contributed by atoms with Crippen molar-refractivity contribution in [1.82, 2.24) is 10.2 Å². The van der Waals surface area contributed by atoms with Crippen molar-refractivity contribution in [3.05, 3.63) is 89.0 Å². The minimum absolute atomic E-state index is 0.0741. The van der Waals surface area contributed by atoms with Gasteiger partial charge in [0, 0.05) is 41.5 Å². The van der Waals surface area contributed by atoms with E-state index in [1.165, 1.54) is 0 Å². The number of unbranched alkanes of at least 4 members (excludes halogenated alkanes) is 1. The number of carboxylic acids is 1. The summed E-state index contributed by atoms with van der Waals surface area (Å²) in [5, 5.41) is 15.6. The fourth-order valence-corrected chi connectivity index (χ4v) is 4.57.